The Bertz CT molecular complexity index is 186. The first kappa shape index (κ1) is 18.7. The van der Waals surface area contributed by atoms with Gasteiger partial charge in [0.05, 0.1) is 6.10 Å². The highest BCUT2D eigenvalue weighted by atomic mass is 16.3. The first-order chi connectivity index (χ1) is 9.31. The van der Waals surface area contributed by atoms with Crippen LogP contribution in [0.15, 0.2) is 12.2 Å². The third-order valence-electron chi connectivity index (χ3n) is 3.69. The molecule has 0 aliphatic heterocycles. The second-order valence-corrected chi connectivity index (χ2v) is 5.77. The number of aliphatic hydroxyl groups is 1. The van der Waals surface area contributed by atoms with Gasteiger partial charge in [0.1, 0.15) is 0 Å². The minimum absolute atomic E-state index is 0.113. The van der Waals surface area contributed by atoms with Gasteiger partial charge in [-0.25, -0.2) is 0 Å². The largest absolute Gasteiger partial charge is 0.393 e. The highest BCUT2D eigenvalue weighted by Gasteiger charge is 2.00. The van der Waals surface area contributed by atoms with Gasteiger partial charge < -0.3 is 5.11 Å². The maximum absolute atomic E-state index is 9.80. The lowest BCUT2D eigenvalue weighted by molar-refractivity contribution is 0.163. The highest BCUT2D eigenvalue weighted by Crippen LogP contribution is 2.10. The van der Waals surface area contributed by atoms with Gasteiger partial charge in [-0.05, 0) is 25.7 Å². The molecule has 0 unspecified atom stereocenters. The molecule has 1 atom stereocenters. The molecular weight excluding hydrogens is 232 g/mol. The number of rotatable bonds is 14. The Morgan fingerprint density at radius 3 is 2.00 bits per heavy atom. The Morgan fingerprint density at radius 2 is 1.32 bits per heavy atom. The van der Waals surface area contributed by atoms with Crippen LogP contribution in [0.2, 0.25) is 0 Å². The fourth-order valence-electron chi connectivity index (χ4n) is 2.34. The summed E-state index contributed by atoms with van der Waals surface area (Å²) >= 11 is 0. The molecule has 114 valence electrons. The Kier molecular flexibility index (Phi) is 15.5. The molecule has 0 aromatic rings. The Hall–Kier alpha value is -0.300. The number of hydrogen-bond donors (Lipinski definition) is 1. The molecule has 0 spiro atoms. The maximum Gasteiger partial charge on any atom is 0.0574 e. The average Bonchev–Trinajstić information content (AvgIpc) is 2.42. The van der Waals surface area contributed by atoms with Crippen molar-refractivity contribution in [2.45, 2.75) is 103 Å². The van der Waals surface area contributed by atoms with E-state index in [2.05, 4.69) is 26.0 Å². The van der Waals surface area contributed by atoms with E-state index in [1.807, 2.05) is 0 Å². The lowest BCUT2D eigenvalue weighted by atomic mass is 10.1. The Morgan fingerprint density at radius 1 is 0.737 bits per heavy atom. The molecule has 0 saturated heterocycles. The van der Waals surface area contributed by atoms with Crippen LogP contribution in [0.1, 0.15) is 97.3 Å². The molecule has 0 aliphatic carbocycles. The van der Waals surface area contributed by atoms with Crippen LogP contribution in [0.4, 0.5) is 0 Å². The van der Waals surface area contributed by atoms with Gasteiger partial charge in [-0.1, -0.05) is 83.8 Å². The zero-order chi connectivity index (χ0) is 14.2. The van der Waals surface area contributed by atoms with E-state index in [4.69, 9.17) is 0 Å². The number of aliphatic hydroxyl groups excluding tert-OH is 1. The van der Waals surface area contributed by atoms with Gasteiger partial charge in [0.25, 0.3) is 0 Å². The van der Waals surface area contributed by atoms with Crippen LogP contribution >= 0.6 is 0 Å². The van der Waals surface area contributed by atoms with E-state index in [0.717, 1.165) is 12.8 Å². The normalized spacial score (nSPS) is 13.2. The van der Waals surface area contributed by atoms with Crippen molar-refractivity contribution in [2.24, 2.45) is 0 Å². The van der Waals surface area contributed by atoms with Crippen LogP contribution in [0.3, 0.4) is 0 Å². The van der Waals surface area contributed by atoms with Crippen LogP contribution in [0.5, 0.6) is 0 Å². The molecule has 0 aliphatic rings. The summed E-state index contributed by atoms with van der Waals surface area (Å²) in [5.41, 5.74) is 0. The summed E-state index contributed by atoms with van der Waals surface area (Å²) in [5.74, 6) is 0. The predicted molar refractivity (Wildman–Crippen MR) is 86.5 cm³/mol. The molecule has 0 aromatic carbocycles. The molecule has 1 nitrogen and oxygen atoms in total. The SMILES string of the molecule is CCCCCCCCC=CC[C@@H](O)CCCCCC. The summed E-state index contributed by atoms with van der Waals surface area (Å²) < 4.78 is 0. The third kappa shape index (κ3) is 15.6. The fourth-order valence-corrected chi connectivity index (χ4v) is 2.34. The zero-order valence-corrected chi connectivity index (χ0v) is 13.4. The second kappa shape index (κ2) is 15.8. The van der Waals surface area contributed by atoms with Crippen molar-refractivity contribution < 1.29 is 5.11 Å². The molecule has 1 N–H and O–H groups in total. The van der Waals surface area contributed by atoms with E-state index in [-0.39, 0.29) is 6.10 Å². The second-order valence-electron chi connectivity index (χ2n) is 5.77. The molecular formula is C18H36O. The average molecular weight is 268 g/mol. The van der Waals surface area contributed by atoms with Gasteiger partial charge in [0.15, 0.2) is 0 Å². The first-order valence-electron chi connectivity index (χ1n) is 8.64. The standard InChI is InChI=1S/C18H36O/c1-3-5-7-9-10-11-12-13-15-17-18(19)16-14-8-6-4-2/h13,15,18-19H,3-12,14,16-17H2,1-2H3/t18-/m0/s1. The van der Waals surface area contributed by atoms with E-state index in [1.165, 1.54) is 70.6 Å². The molecule has 0 heterocycles. The van der Waals surface area contributed by atoms with E-state index in [0.29, 0.717) is 0 Å². The van der Waals surface area contributed by atoms with E-state index in [9.17, 15) is 5.11 Å². The molecule has 0 fully saturated rings. The number of unbranched alkanes of at least 4 members (excludes halogenated alkanes) is 9. The van der Waals surface area contributed by atoms with Crippen molar-refractivity contribution in [2.75, 3.05) is 0 Å². The monoisotopic (exact) mass is 268 g/mol. The van der Waals surface area contributed by atoms with Crippen LogP contribution < -0.4 is 0 Å². The summed E-state index contributed by atoms with van der Waals surface area (Å²) in [6, 6.07) is 0. The minimum atomic E-state index is -0.113. The van der Waals surface area contributed by atoms with Crippen LogP contribution in [-0.4, -0.2) is 11.2 Å². The molecule has 0 radical (unpaired) electrons. The van der Waals surface area contributed by atoms with Gasteiger partial charge in [0, 0.05) is 0 Å². The summed E-state index contributed by atoms with van der Waals surface area (Å²) in [6.45, 7) is 4.48. The van der Waals surface area contributed by atoms with Crippen molar-refractivity contribution in [3.63, 3.8) is 0 Å². The highest BCUT2D eigenvalue weighted by molar-refractivity contribution is 4.83. The summed E-state index contributed by atoms with van der Waals surface area (Å²) in [5, 5.41) is 9.80. The maximum atomic E-state index is 9.80. The van der Waals surface area contributed by atoms with Gasteiger partial charge >= 0.3 is 0 Å². The van der Waals surface area contributed by atoms with E-state index < -0.39 is 0 Å². The Balaban J connectivity index is 3.22. The molecule has 0 saturated carbocycles. The number of allylic oxidation sites excluding steroid dienone is 1. The van der Waals surface area contributed by atoms with Gasteiger partial charge in [-0.15, -0.1) is 0 Å². The first-order valence-corrected chi connectivity index (χ1v) is 8.64. The molecule has 0 amide bonds. The van der Waals surface area contributed by atoms with Gasteiger partial charge in [-0.2, -0.15) is 0 Å². The van der Waals surface area contributed by atoms with E-state index >= 15 is 0 Å². The van der Waals surface area contributed by atoms with Gasteiger partial charge in [0.2, 0.25) is 0 Å². The van der Waals surface area contributed by atoms with Crippen LogP contribution in [0, 0.1) is 0 Å². The van der Waals surface area contributed by atoms with Crippen LogP contribution in [-0.2, 0) is 0 Å². The summed E-state index contributed by atoms with van der Waals surface area (Å²) in [7, 11) is 0. The quantitative estimate of drug-likeness (QED) is 0.302. The molecule has 0 aromatic heterocycles. The Labute approximate surface area is 121 Å². The molecule has 0 rings (SSSR count). The van der Waals surface area contributed by atoms with Crippen molar-refractivity contribution in [3.8, 4) is 0 Å². The fraction of sp³-hybridized carbons (Fsp3) is 0.889. The molecule has 1 heteroatoms. The van der Waals surface area contributed by atoms with Gasteiger partial charge in [-0.3, -0.25) is 0 Å². The summed E-state index contributed by atoms with van der Waals surface area (Å²) in [6.07, 6.45) is 20.6. The van der Waals surface area contributed by atoms with E-state index in [1.54, 1.807) is 0 Å². The van der Waals surface area contributed by atoms with Crippen molar-refractivity contribution >= 4 is 0 Å². The van der Waals surface area contributed by atoms with Crippen molar-refractivity contribution in [1.82, 2.24) is 0 Å². The van der Waals surface area contributed by atoms with Crippen molar-refractivity contribution in [1.29, 1.82) is 0 Å². The topological polar surface area (TPSA) is 20.2 Å². The summed E-state index contributed by atoms with van der Waals surface area (Å²) in [4.78, 5) is 0. The lowest BCUT2D eigenvalue weighted by Crippen LogP contribution is -2.04. The zero-order valence-electron chi connectivity index (χ0n) is 13.4. The molecule has 0 bridgehead atoms. The third-order valence-corrected chi connectivity index (χ3v) is 3.69. The predicted octanol–water partition coefficient (Wildman–Crippen LogP) is 6.01. The lowest BCUT2D eigenvalue weighted by Gasteiger charge is -2.07. The minimum Gasteiger partial charge on any atom is -0.393 e. The number of hydrogen-bond acceptors (Lipinski definition) is 1. The molecule has 19 heavy (non-hydrogen) atoms. The van der Waals surface area contributed by atoms with Crippen LogP contribution in [0.25, 0.3) is 0 Å². The van der Waals surface area contributed by atoms with Crippen molar-refractivity contribution in [3.05, 3.63) is 12.2 Å². The smallest absolute Gasteiger partial charge is 0.0574 e.